The van der Waals surface area contributed by atoms with Crippen LogP contribution < -0.4 is 0 Å². The monoisotopic (exact) mass is 225 g/mol. The number of hydrogen-bond donors (Lipinski definition) is 0. The maximum Gasteiger partial charge on any atom is 0.252 e. The summed E-state index contributed by atoms with van der Waals surface area (Å²) in [5.41, 5.74) is 0.876. The zero-order valence-corrected chi connectivity index (χ0v) is 8.51. The second-order valence-corrected chi connectivity index (χ2v) is 3.25. The zero-order valence-electron chi connectivity index (χ0n) is 7.00. The number of allylic oxidation sites excluding steroid dienone is 1. The second-order valence-electron chi connectivity index (χ2n) is 2.47. The molecule has 0 fully saturated rings. The van der Waals surface area contributed by atoms with Gasteiger partial charge in [-0.1, -0.05) is 11.6 Å². The lowest BCUT2D eigenvalue weighted by atomic mass is 10.1. The van der Waals surface area contributed by atoms with Crippen molar-refractivity contribution < 1.29 is 4.79 Å². The Hall–Kier alpha value is -1.30. The van der Waals surface area contributed by atoms with Crippen molar-refractivity contribution in [1.29, 1.82) is 5.26 Å². The zero-order chi connectivity index (χ0) is 10.6. The molecule has 0 aliphatic rings. The SMILES string of the molecule is N#CC=Cc1cc(Cl)ccc1C(=O)Cl. The van der Waals surface area contributed by atoms with E-state index in [1.165, 1.54) is 18.2 Å². The lowest BCUT2D eigenvalue weighted by Gasteiger charge is -2.00. The van der Waals surface area contributed by atoms with Crippen LogP contribution in [0.3, 0.4) is 0 Å². The summed E-state index contributed by atoms with van der Waals surface area (Å²) in [5.74, 6) is 0. The van der Waals surface area contributed by atoms with Crippen LogP contribution in [0.15, 0.2) is 24.3 Å². The molecule has 1 aromatic rings. The minimum Gasteiger partial charge on any atom is -0.276 e. The number of rotatable bonds is 2. The summed E-state index contributed by atoms with van der Waals surface area (Å²) in [4.78, 5) is 10.9. The Bertz CT molecular complexity index is 432. The highest BCUT2D eigenvalue weighted by molar-refractivity contribution is 6.68. The van der Waals surface area contributed by atoms with Crippen LogP contribution in [0.25, 0.3) is 6.08 Å². The maximum absolute atomic E-state index is 10.9. The van der Waals surface area contributed by atoms with Gasteiger partial charge >= 0.3 is 0 Å². The normalized spacial score (nSPS) is 10.1. The Morgan fingerprint density at radius 3 is 2.79 bits per heavy atom. The van der Waals surface area contributed by atoms with E-state index in [0.29, 0.717) is 16.1 Å². The first-order chi connectivity index (χ1) is 6.65. The summed E-state index contributed by atoms with van der Waals surface area (Å²) in [6.07, 6.45) is 2.75. The molecule has 0 atom stereocenters. The third-order valence-corrected chi connectivity index (χ3v) is 2.00. The van der Waals surface area contributed by atoms with Crippen molar-refractivity contribution >= 4 is 34.5 Å². The average Bonchev–Trinajstić information content (AvgIpc) is 2.14. The summed E-state index contributed by atoms with van der Waals surface area (Å²) in [5, 5.41) is 8.26. The molecular weight excluding hydrogens is 221 g/mol. The van der Waals surface area contributed by atoms with Gasteiger partial charge in [-0.15, -0.1) is 0 Å². The third-order valence-electron chi connectivity index (χ3n) is 1.56. The Morgan fingerprint density at radius 2 is 2.21 bits per heavy atom. The predicted molar refractivity (Wildman–Crippen MR) is 56.3 cm³/mol. The van der Waals surface area contributed by atoms with Gasteiger partial charge in [0.15, 0.2) is 0 Å². The Kier molecular flexibility index (Phi) is 3.70. The van der Waals surface area contributed by atoms with Crippen LogP contribution in [0.5, 0.6) is 0 Å². The molecule has 0 aliphatic carbocycles. The third kappa shape index (κ3) is 2.59. The van der Waals surface area contributed by atoms with Crippen LogP contribution in [0, 0.1) is 11.3 Å². The van der Waals surface area contributed by atoms with Gasteiger partial charge in [0.2, 0.25) is 0 Å². The first-order valence-corrected chi connectivity index (χ1v) is 4.46. The second kappa shape index (κ2) is 4.80. The van der Waals surface area contributed by atoms with Crippen molar-refractivity contribution in [3.05, 3.63) is 40.4 Å². The molecule has 0 saturated carbocycles. The smallest absolute Gasteiger partial charge is 0.252 e. The molecule has 14 heavy (non-hydrogen) atoms. The van der Waals surface area contributed by atoms with Crippen molar-refractivity contribution in [3.63, 3.8) is 0 Å². The van der Waals surface area contributed by atoms with E-state index < -0.39 is 5.24 Å². The van der Waals surface area contributed by atoms with Gasteiger partial charge in [0.25, 0.3) is 5.24 Å². The van der Waals surface area contributed by atoms with Gasteiger partial charge in [0, 0.05) is 16.7 Å². The predicted octanol–water partition coefficient (Wildman–Crippen LogP) is 3.26. The van der Waals surface area contributed by atoms with Crippen molar-refractivity contribution in [1.82, 2.24) is 0 Å². The molecule has 0 N–H and O–H groups in total. The van der Waals surface area contributed by atoms with E-state index in [4.69, 9.17) is 28.5 Å². The topological polar surface area (TPSA) is 40.9 Å². The first kappa shape index (κ1) is 10.8. The van der Waals surface area contributed by atoms with E-state index in [1.54, 1.807) is 12.1 Å². The highest BCUT2D eigenvalue weighted by atomic mass is 35.5. The van der Waals surface area contributed by atoms with Gasteiger partial charge < -0.3 is 0 Å². The molecule has 0 aromatic heterocycles. The number of nitriles is 1. The van der Waals surface area contributed by atoms with Gasteiger partial charge in [-0.05, 0) is 41.4 Å². The summed E-state index contributed by atoms with van der Waals surface area (Å²) in [6, 6.07) is 6.49. The molecule has 1 rings (SSSR count). The lowest BCUT2D eigenvalue weighted by molar-refractivity contribution is 0.108. The van der Waals surface area contributed by atoms with Crippen molar-refractivity contribution in [3.8, 4) is 6.07 Å². The van der Waals surface area contributed by atoms with Gasteiger partial charge in [-0.2, -0.15) is 5.26 Å². The number of halogens is 2. The summed E-state index contributed by atoms with van der Waals surface area (Å²) < 4.78 is 0. The van der Waals surface area contributed by atoms with E-state index in [1.807, 2.05) is 6.07 Å². The fourth-order valence-corrected chi connectivity index (χ4v) is 1.33. The fraction of sp³-hybridized carbons (Fsp3) is 0. The molecule has 0 aliphatic heterocycles. The lowest BCUT2D eigenvalue weighted by Crippen LogP contribution is -1.92. The number of carbonyl (C=O) groups is 1. The van der Waals surface area contributed by atoms with Crippen LogP contribution in [0.2, 0.25) is 5.02 Å². The van der Waals surface area contributed by atoms with E-state index in [0.717, 1.165) is 0 Å². The first-order valence-electron chi connectivity index (χ1n) is 3.70. The Morgan fingerprint density at radius 1 is 1.50 bits per heavy atom. The van der Waals surface area contributed by atoms with E-state index >= 15 is 0 Å². The highest BCUT2D eigenvalue weighted by Crippen LogP contribution is 2.19. The number of benzene rings is 1. The van der Waals surface area contributed by atoms with Crippen LogP contribution >= 0.6 is 23.2 Å². The highest BCUT2D eigenvalue weighted by Gasteiger charge is 2.06. The molecule has 0 amide bonds. The summed E-state index contributed by atoms with van der Waals surface area (Å²) in [7, 11) is 0. The fourth-order valence-electron chi connectivity index (χ4n) is 0.978. The van der Waals surface area contributed by atoms with Gasteiger partial charge in [-0.25, -0.2) is 0 Å². The molecule has 0 heterocycles. The number of nitrogens with zero attached hydrogens (tertiary/aromatic N) is 1. The van der Waals surface area contributed by atoms with Crippen molar-refractivity contribution in [2.75, 3.05) is 0 Å². The summed E-state index contributed by atoms with van der Waals surface area (Å²) in [6.45, 7) is 0. The molecule has 0 bridgehead atoms. The molecule has 0 saturated heterocycles. The minimum atomic E-state index is -0.570. The van der Waals surface area contributed by atoms with E-state index in [2.05, 4.69) is 0 Å². The minimum absolute atomic E-state index is 0.336. The molecule has 4 heteroatoms. The van der Waals surface area contributed by atoms with Crippen molar-refractivity contribution in [2.45, 2.75) is 0 Å². The van der Waals surface area contributed by atoms with Gasteiger partial charge in [0.05, 0.1) is 6.07 Å². The Labute approximate surface area is 91.4 Å². The molecule has 2 nitrogen and oxygen atoms in total. The molecular formula is C10H5Cl2NO. The van der Waals surface area contributed by atoms with E-state index in [9.17, 15) is 4.79 Å². The van der Waals surface area contributed by atoms with Crippen LogP contribution in [0.1, 0.15) is 15.9 Å². The number of hydrogen-bond acceptors (Lipinski definition) is 2. The quantitative estimate of drug-likeness (QED) is 0.573. The van der Waals surface area contributed by atoms with Crippen LogP contribution in [0.4, 0.5) is 0 Å². The summed E-state index contributed by atoms with van der Waals surface area (Å²) >= 11 is 11.1. The largest absolute Gasteiger partial charge is 0.276 e. The Balaban J connectivity index is 3.24. The molecule has 0 unspecified atom stereocenters. The molecule has 0 radical (unpaired) electrons. The maximum atomic E-state index is 10.9. The van der Waals surface area contributed by atoms with Crippen LogP contribution in [-0.4, -0.2) is 5.24 Å². The molecule has 0 spiro atoms. The standard InChI is InChI=1S/C10H5Cl2NO/c11-8-3-4-9(10(12)14)7(6-8)2-1-5-13/h1-4,6H. The van der Waals surface area contributed by atoms with Crippen LogP contribution in [-0.2, 0) is 0 Å². The van der Waals surface area contributed by atoms with Gasteiger partial charge in [0.1, 0.15) is 0 Å². The average molecular weight is 226 g/mol. The molecule has 70 valence electrons. The van der Waals surface area contributed by atoms with Gasteiger partial charge in [-0.3, -0.25) is 4.79 Å². The molecule has 1 aromatic carbocycles. The number of carbonyl (C=O) groups excluding carboxylic acids is 1. The van der Waals surface area contributed by atoms with E-state index in [-0.39, 0.29) is 0 Å². The van der Waals surface area contributed by atoms with Crippen molar-refractivity contribution in [2.24, 2.45) is 0 Å².